The molecule has 1 aliphatic rings. The molecule has 0 spiro atoms. The van der Waals surface area contributed by atoms with Gasteiger partial charge in [0.1, 0.15) is 11.5 Å². The zero-order valence-electron chi connectivity index (χ0n) is 18.4. The number of anilines is 1. The highest BCUT2D eigenvalue weighted by atomic mass is 32.1. The average molecular weight is 437 g/mol. The number of fused-ring (bicyclic) bond motifs is 1. The Morgan fingerprint density at radius 3 is 2.71 bits per heavy atom. The minimum atomic E-state index is -0.0883. The van der Waals surface area contributed by atoms with Gasteiger partial charge in [-0.25, -0.2) is 4.98 Å². The largest absolute Gasteiger partial charge is 0.457 e. The molecule has 7 heteroatoms. The number of aryl methyl sites for hydroxylation is 2. The highest BCUT2D eigenvalue weighted by Gasteiger charge is 2.22. The molecule has 1 aliphatic heterocycles. The molecule has 1 atom stereocenters. The summed E-state index contributed by atoms with van der Waals surface area (Å²) in [5.41, 5.74) is 4.64. The first-order valence-electron chi connectivity index (χ1n) is 10.6. The first kappa shape index (κ1) is 21.5. The lowest BCUT2D eigenvalue weighted by Crippen LogP contribution is -2.33. The first-order chi connectivity index (χ1) is 14.9. The lowest BCUT2D eigenvalue weighted by Gasteiger charge is -2.26. The number of nitrogens with one attached hydrogen (secondary N) is 1. The summed E-state index contributed by atoms with van der Waals surface area (Å²) in [6.45, 7) is 9.57. The zero-order chi connectivity index (χ0) is 22.0. The lowest BCUT2D eigenvalue weighted by molar-refractivity contribution is -0.114. The fourth-order valence-corrected chi connectivity index (χ4v) is 4.93. The zero-order valence-corrected chi connectivity index (χ0v) is 19.3. The molecule has 0 unspecified atom stereocenters. The molecule has 0 saturated carbocycles. The predicted molar refractivity (Wildman–Crippen MR) is 124 cm³/mol. The van der Waals surface area contributed by atoms with Crippen molar-refractivity contribution in [2.75, 3.05) is 11.9 Å². The van der Waals surface area contributed by atoms with Gasteiger partial charge >= 0.3 is 0 Å². The van der Waals surface area contributed by atoms with E-state index >= 15 is 0 Å². The molecule has 0 saturated heterocycles. The summed E-state index contributed by atoms with van der Waals surface area (Å²) >= 11 is 1.54. The van der Waals surface area contributed by atoms with Crippen LogP contribution in [0.3, 0.4) is 0 Å². The number of ether oxygens (including phenoxy) is 1. The van der Waals surface area contributed by atoms with Gasteiger partial charge in [0.05, 0.1) is 0 Å². The van der Waals surface area contributed by atoms with Gasteiger partial charge in [0.25, 0.3) is 0 Å². The van der Waals surface area contributed by atoms with Crippen molar-refractivity contribution < 1.29 is 9.53 Å². The minimum absolute atomic E-state index is 0.0883. The summed E-state index contributed by atoms with van der Waals surface area (Å²) < 4.78 is 6.14. The van der Waals surface area contributed by atoms with Crippen molar-refractivity contribution in [2.45, 2.75) is 53.1 Å². The second-order valence-electron chi connectivity index (χ2n) is 8.20. The van der Waals surface area contributed by atoms with Crippen LogP contribution in [0, 0.1) is 13.8 Å². The summed E-state index contributed by atoms with van der Waals surface area (Å²) in [5, 5.41) is 3.43. The van der Waals surface area contributed by atoms with Gasteiger partial charge in [-0.2, -0.15) is 0 Å². The quantitative estimate of drug-likeness (QED) is 0.616. The number of carbonyl (C=O) groups is 1. The van der Waals surface area contributed by atoms with Gasteiger partial charge in [-0.15, -0.1) is 11.3 Å². The van der Waals surface area contributed by atoms with Gasteiger partial charge in [-0.05, 0) is 56.9 Å². The van der Waals surface area contributed by atoms with Crippen LogP contribution in [-0.4, -0.2) is 33.4 Å². The van der Waals surface area contributed by atoms with Crippen LogP contribution in [-0.2, 0) is 24.2 Å². The van der Waals surface area contributed by atoms with Gasteiger partial charge in [0.15, 0.2) is 5.13 Å². The number of rotatable bonds is 5. The van der Waals surface area contributed by atoms with Gasteiger partial charge in [-0.1, -0.05) is 6.07 Å². The molecule has 1 amide bonds. The Morgan fingerprint density at radius 2 is 1.97 bits per heavy atom. The number of amides is 1. The topological polar surface area (TPSA) is 67.4 Å². The minimum Gasteiger partial charge on any atom is -0.457 e. The van der Waals surface area contributed by atoms with E-state index in [1.54, 1.807) is 11.3 Å². The normalized spacial score (nSPS) is 16.5. The number of thiazole rings is 1. The van der Waals surface area contributed by atoms with Crippen molar-refractivity contribution in [3.63, 3.8) is 0 Å². The molecule has 0 bridgehead atoms. The second-order valence-corrected chi connectivity index (χ2v) is 9.32. The Labute approximate surface area is 187 Å². The molecule has 3 heterocycles. The van der Waals surface area contributed by atoms with E-state index in [9.17, 15) is 4.79 Å². The molecule has 162 valence electrons. The molecule has 31 heavy (non-hydrogen) atoms. The van der Waals surface area contributed by atoms with Crippen LogP contribution < -0.4 is 10.1 Å². The molecular formula is C24H28N4O2S. The predicted octanol–water partition coefficient (Wildman–Crippen LogP) is 4.89. The third-order valence-corrected chi connectivity index (χ3v) is 6.37. The van der Waals surface area contributed by atoms with E-state index in [0.29, 0.717) is 11.2 Å². The Balaban J connectivity index is 1.45. The van der Waals surface area contributed by atoms with E-state index in [1.807, 2.05) is 32.2 Å². The highest BCUT2D eigenvalue weighted by Crippen LogP contribution is 2.29. The van der Waals surface area contributed by atoms with E-state index in [0.717, 1.165) is 53.7 Å². The molecular weight excluding hydrogens is 408 g/mol. The van der Waals surface area contributed by atoms with Crippen LogP contribution in [0.5, 0.6) is 11.5 Å². The standard InChI is InChI=1S/C24H28N4O2S/c1-15-9-22(10-16(2)26-15)30-21-6-5-19-7-8-28(17(3)11-20(19)12-21)14-23-13-25-24(31-23)27-18(4)29/h5-6,9-10,12-13,17H,7-8,11,14H2,1-4H3,(H,25,27,29)/t17-/m1/s1. The first-order valence-corrected chi connectivity index (χ1v) is 11.4. The van der Waals surface area contributed by atoms with E-state index in [2.05, 4.69) is 45.3 Å². The molecule has 4 rings (SSSR count). The summed E-state index contributed by atoms with van der Waals surface area (Å²) in [6.07, 6.45) is 3.84. The van der Waals surface area contributed by atoms with Crippen LogP contribution >= 0.6 is 11.3 Å². The highest BCUT2D eigenvalue weighted by molar-refractivity contribution is 7.15. The third kappa shape index (κ3) is 5.48. The fraction of sp³-hybridized carbons (Fsp3) is 0.375. The number of benzene rings is 1. The molecule has 1 N–H and O–H groups in total. The third-order valence-electron chi connectivity index (χ3n) is 5.47. The van der Waals surface area contributed by atoms with Gasteiger partial charge < -0.3 is 10.1 Å². The second kappa shape index (κ2) is 9.16. The van der Waals surface area contributed by atoms with Gasteiger partial charge in [-0.3, -0.25) is 14.7 Å². The smallest absolute Gasteiger partial charge is 0.223 e. The average Bonchev–Trinajstić information content (AvgIpc) is 3.04. The van der Waals surface area contributed by atoms with Crippen molar-refractivity contribution >= 4 is 22.4 Å². The number of aromatic nitrogens is 2. The summed E-state index contributed by atoms with van der Waals surface area (Å²) in [6, 6.07) is 10.8. The number of carbonyl (C=O) groups excluding carboxylic acids is 1. The monoisotopic (exact) mass is 436 g/mol. The van der Waals surface area contributed by atoms with Crippen molar-refractivity contribution in [1.82, 2.24) is 14.9 Å². The Hall–Kier alpha value is -2.77. The molecule has 2 aromatic heterocycles. The van der Waals surface area contributed by atoms with Crippen LogP contribution in [0.2, 0.25) is 0 Å². The Bertz CT molecular complexity index is 1070. The molecule has 3 aromatic rings. The lowest BCUT2D eigenvalue weighted by atomic mass is 10.0. The number of pyridine rings is 1. The number of hydrogen-bond donors (Lipinski definition) is 1. The van der Waals surface area contributed by atoms with Crippen LogP contribution in [0.25, 0.3) is 0 Å². The summed E-state index contributed by atoms with van der Waals surface area (Å²) in [4.78, 5) is 23.6. The van der Waals surface area contributed by atoms with E-state index in [1.165, 1.54) is 18.1 Å². The Morgan fingerprint density at radius 1 is 1.19 bits per heavy atom. The van der Waals surface area contributed by atoms with E-state index < -0.39 is 0 Å². The van der Waals surface area contributed by atoms with Crippen LogP contribution in [0.1, 0.15) is 41.2 Å². The summed E-state index contributed by atoms with van der Waals surface area (Å²) in [5.74, 6) is 1.61. The van der Waals surface area contributed by atoms with E-state index in [-0.39, 0.29) is 5.91 Å². The maximum Gasteiger partial charge on any atom is 0.223 e. The fourth-order valence-electron chi connectivity index (χ4n) is 4.05. The van der Waals surface area contributed by atoms with Gasteiger partial charge in [0.2, 0.25) is 5.91 Å². The maximum atomic E-state index is 11.2. The Kier molecular flexibility index (Phi) is 6.34. The number of hydrogen-bond acceptors (Lipinski definition) is 6. The van der Waals surface area contributed by atoms with Crippen molar-refractivity contribution in [3.8, 4) is 11.5 Å². The number of nitrogens with zero attached hydrogens (tertiary/aromatic N) is 3. The van der Waals surface area contributed by atoms with Crippen LogP contribution in [0.4, 0.5) is 5.13 Å². The maximum absolute atomic E-state index is 11.2. The summed E-state index contributed by atoms with van der Waals surface area (Å²) in [7, 11) is 0. The molecule has 0 radical (unpaired) electrons. The van der Waals surface area contributed by atoms with E-state index in [4.69, 9.17) is 4.74 Å². The van der Waals surface area contributed by atoms with Crippen molar-refractivity contribution in [2.24, 2.45) is 0 Å². The van der Waals surface area contributed by atoms with Crippen molar-refractivity contribution in [3.05, 3.63) is 63.9 Å². The molecule has 6 nitrogen and oxygen atoms in total. The molecule has 0 fully saturated rings. The SMILES string of the molecule is CC(=O)Nc1ncc(CN2CCc3ccc(Oc4cc(C)nc(C)c4)cc3C[C@H]2C)s1. The van der Waals surface area contributed by atoms with Crippen molar-refractivity contribution in [1.29, 1.82) is 0 Å². The van der Waals surface area contributed by atoms with Crippen LogP contribution in [0.15, 0.2) is 36.5 Å². The molecule has 0 aliphatic carbocycles. The molecule has 1 aromatic carbocycles. The van der Waals surface area contributed by atoms with Gasteiger partial charge in [0, 0.05) is 60.6 Å².